The molecule has 0 radical (unpaired) electrons. The van der Waals surface area contributed by atoms with Gasteiger partial charge in [-0.3, -0.25) is 9.69 Å². The van der Waals surface area contributed by atoms with Crippen LogP contribution in [0.15, 0.2) is 45.6 Å². The van der Waals surface area contributed by atoms with Crippen molar-refractivity contribution >= 4 is 11.0 Å². The standard InChI is InChI=1S/C25H26F3NO5/c1-14-10-15(2)12-29(11-14)13-19-20(30)9-8-18-21(31)23(24(25(26,27)28)34-22(18)19)33-17-6-4-16(32-3)5-7-17/h4-9,14-15,30H,10-13H2,1-3H3. The molecule has 0 saturated carbocycles. The van der Waals surface area contributed by atoms with Crippen molar-refractivity contribution in [3.8, 4) is 23.0 Å². The molecule has 1 N–H and O–H groups in total. The summed E-state index contributed by atoms with van der Waals surface area (Å²) in [6.45, 7) is 5.84. The maximum absolute atomic E-state index is 14.0. The second-order valence-corrected chi connectivity index (χ2v) is 8.94. The van der Waals surface area contributed by atoms with Gasteiger partial charge in [-0.15, -0.1) is 0 Å². The summed E-state index contributed by atoms with van der Waals surface area (Å²) in [6, 6.07) is 8.34. The van der Waals surface area contributed by atoms with Crippen LogP contribution in [-0.4, -0.2) is 30.2 Å². The molecule has 2 atom stereocenters. The Morgan fingerprint density at radius 1 is 1.06 bits per heavy atom. The fourth-order valence-electron chi connectivity index (χ4n) is 4.63. The number of ether oxygens (including phenoxy) is 2. The van der Waals surface area contributed by atoms with Crippen LogP contribution in [0.4, 0.5) is 13.2 Å². The van der Waals surface area contributed by atoms with Crippen LogP contribution in [0, 0.1) is 11.8 Å². The lowest BCUT2D eigenvalue weighted by molar-refractivity contribution is -0.154. The number of methoxy groups -OCH3 is 1. The molecule has 1 saturated heterocycles. The van der Waals surface area contributed by atoms with E-state index in [0.29, 0.717) is 17.6 Å². The first-order valence-electron chi connectivity index (χ1n) is 11.0. The van der Waals surface area contributed by atoms with Gasteiger partial charge in [-0.1, -0.05) is 13.8 Å². The number of alkyl halides is 3. The van der Waals surface area contributed by atoms with Crippen LogP contribution >= 0.6 is 0 Å². The van der Waals surface area contributed by atoms with Crippen LogP contribution in [0.25, 0.3) is 11.0 Å². The van der Waals surface area contributed by atoms with Gasteiger partial charge in [0.25, 0.3) is 5.76 Å². The van der Waals surface area contributed by atoms with Crippen molar-refractivity contribution < 1.29 is 32.2 Å². The summed E-state index contributed by atoms with van der Waals surface area (Å²) in [5, 5.41) is 10.4. The summed E-state index contributed by atoms with van der Waals surface area (Å²) in [4.78, 5) is 15.2. The van der Waals surface area contributed by atoms with E-state index >= 15 is 0 Å². The van der Waals surface area contributed by atoms with Crippen molar-refractivity contribution in [2.75, 3.05) is 20.2 Å². The fraction of sp³-hybridized carbons (Fsp3) is 0.400. The third-order valence-corrected chi connectivity index (χ3v) is 5.96. The van der Waals surface area contributed by atoms with Crippen molar-refractivity contribution in [1.29, 1.82) is 0 Å². The number of nitrogens with zero attached hydrogens (tertiary/aromatic N) is 1. The number of phenols is 1. The van der Waals surface area contributed by atoms with E-state index in [1.807, 2.05) is 0 Å². The number of fused-ring (bicyclic) bond motifs is 1. The molecule has 3 aromatic rings. The van der Waals surface area contributed by atoms with Crippen molar-refractivity contribution in [3.05, 3.63) is 57.9 Å². The molecule has 34 heavy (non-hydrogen) atoms. The highest BCUT2D eigenvalue weighted by Crippen LogP contribution is 2.40. The summed E-state index contributed by atoms with van der Waals surface area (Å²) in [5.41, 5.74) is -1.10. The maximum atomic E-state index is 14.0. The van der Waals surface area contributed by atoms with Gasteiger partial charge in [0.1, 0.15) is 22.8 Å². The van der Waals surface area contributed by atoms with Gasteiger partial charge in [0.15, 0.2) is 0 Å². The monoisotopic (exact) mass is 477 g/mol. The van der Waals surface area contributed by atoms with Gasteiger partial charge in [0.05, 0.1) is 18.1 Å². The van der Waals surface area contributed by atoms with E-state index < -0.39 is 23.1 Å². The Kier molecular flexibility index (Phi) is 6.49. The van der Waals surface area contributed by atoms with Crippen LogP contribution in [0.3, 0.4) is 0 Å². The molecule has 2 unspecified atom stereocenters. The molecule has 0 spiro atoms. The molecule has 0 amide bonds. The fourth-order valence-corrected chi connectivity index (χ4v) is 4.63. The van der Waals surface area contributed by atoms with E-state index in [1.54, 1.807) is 0 Å². The number of hydrogen-bond acceptors (Lipinski definition) is 6. The van der Waals surface area contributed by atoms with Gasteiger partial charge in [-0.05, 0) is 54.7 Å². The zero-order valence-electron chi connectivity index (χ0n) is 19.1. The van der Waals surface area contributed by atoms with E-state index in [9.17, 15) is 23.1 Å². The number of aromatic hydroxyl groups is 1. The Bertz CT molecular complexity index is 1230. The average molecular weight is 477 g/mol. The first-order chi connectivity index (χ1) is 16.1. The van der Waals surface area contributed by atoms with E-state index in [0.717, 1.165) is 19.5 Å². The SMILES string of the molecule is COc1ccc(Oc2c(C(F)(F)F)oc3c(CN4CC(C)CC(C)C4)c(O)ccc3c2=O)cc1. The lowest BCUT2D eigenvalue weighted by Gasteiger charge is -2.35. The topological polar surface area (TPSA) is 72.1 Å². The van der Waals surface area contributed by atoms with Crippen LogP contribution in [-0.2, 0) is 12.7 Å². The predicted octanol–water partition coefficient (Wildman–Crippen LogP) is 5.80. The first kappa shape index (κ1) is 23.9. The van der Waals surface area contributed by atoms with Gasteiger partial charge in [-0.2, -0.15) is 13.2 Å². The summed E-state index contributed by atoms with van der Waals surface area (Å²) in [6.07, 6.45) is -3.94. The highest BCUT2D eigenvalue weighted by atomic mass is 19.4. The van der Waals surface area contributed by atoms with Crippen LogP contribution in [0.5, 0.6) is 23.0 Å². The Balaban J connectivity index is 1.82. The van der Waals surface area contributed by atoms with Gasteiger partial charge in [0, 0.05) is 19.6 Å². The first-order valence-corrected chi connectivity index (χ1v) is 11.0. The van der Waals surface area contributed by atoms with Crippen molar-refractivity contribution in [2.45, 2.75) is 33.0 Å². The van der Waals surface area contributed by atoms with Crippen LogP contribution < -0.4 is 14.9 Å². The molecule has 182 valence electrons. The van der Waals surface area contributed by atoms with Crippen LogP contribution in [0.1, 0.15) is 31.6 Å². The Morgan fingerprint density at radius 3 is 2.26 bits per heavy atom. The van der Waals surface area contributed by atoms with E-state index in [4.69, 9.17) is 13.9 Å². The zero-order valence-corrected chi connectivity index (χ0v) is 19.1. The predicted molar refractivity (Wildman–Crippen MR) is 120 cm³/mol. The summed E-state index contributed by atoms with van der Waals surface area (Å²) < 4.78 is 57.6. The molecule has 1 fully saturated rings. The molecule has 4 rings (SSSR count). The number of piperidine rings is 1. The van der Waals surface area contributed by atoms with Gasteiger partial charge in [-0.25, -0.2) is 0 Å². The highest BCUT2D eigenvalue weighted by Gasteiger charge is 2.41. The molecule has 6 nitrogen and oxygen atoms in total. The number of hydrogen-bond donors (Lipinski definition) is 1. The lowest BCUT2D eigenvalue weighted by atomic mass is 9.91. The molecular weight excluding hydrogens is 451 g/mol. The molecule has 1 aliphatic heterocycles. The normalized spacial score (nSPS) is 19.4. The van der Waals surface area contributed by atoms with Gasteiger partial charge < -0.3 is 19.0 Å². The Morgan fingerprint density at radius 2 is 1.68 bits per heavy atom. The third-order valence-electron chi connectivity index (χ3n) is 5.96. The van der Waals surface area contributed by atoms with Crippen molar-refractivity contribution in [1.82, 2.24) is 4.90 Å². The Labute approximate surface area is 194 Å². The lowest BCUT2D eigenvalue weighted by Crippen LogP contribution is -2.38. The Hall–Kier alpha value is -3.20. The average Bonchev–Trinajstić information content (AvgIpc) is 2.76. The molecule has 2 heterocycles. The highest BCUT2D eigenvalue weighted by molar-refractivity contribution is 5.83. The summed E-state index contributed by atoms with van der Waals surface area (Å²) in [7, 11) is 1.45. The molecular formula is C25H26F3NO5. The third kappa shape index (κ3) is 4.84. The van der Waals surface area contributed by atoms with Crippen LogP contribution in [0.2, 0.25) is 0 Å². The number of rotatable bonds is 5. The molecule has 1 aliphatic rings. The van der Waals surface area contributed by atoms with Gasteiger partial charge >= 0.3 is 6.18 Å². The summed E-state index contributed by atoms with van der Waals surface area (Å²) in [5.74, 6) is -1.41. The van der Waals surface area contributed by atoms with E-state index in [2.05, 4.69) is 18.7 Å². The molecule has 2 aromatic carbocycles. The minimum Gasteiger partial charge on any atom is -0.507 e. The smallest absolute Gasteiger partial charge is 0.453 e. The molecule has 0 bridgehead atoms. The second-order valence-electron chi connectivity index (χ2n) is 8.94. The largest absolute Gasteiger partial charge is 0.507 e. The molecule has 1 aromatic heterocycles. The van der Waals surface area contributed by atoms with Crippen molar-refractivity contribution in [3.63, 3.8) is 0 Å². The minimum absolute atomic E-state index is 0.0215. The number of likely N-dealkylation sites (tertiary alicyclic amines) is 1. The minimum atomic E-state index is -4.99. The zero-order chi connectivity index (χ0) is 24.6. The quantitative estimate of drug-likeness (QED) is 0.501. The second kappa shape index (κ2) is 9.21. The number of phenolic OH excluding ortho intramolecular Hbond substituents is 1. The van der Waals surface area contributed by atoms with E-state index in [-0.39, 0.29) is 34.6 Å². The maximum Gasteiger partial charge on any atom is 0.453 e. The number of benzene rings is 2. The van der Waals surface area contributed by atoms with Gasteiger partial charge in [0.2, 0.25) is 11.2 Å². The molecule has 0 aliphatic carbocycles. The summed E-state index contributed by atoms with van der Waals surface area (Å²) >= 11 is 0. The number of halogens is 3. The van der Waals surface area contributed by atoms with E-state index in [1.165, 1.54) is 43.5 Å². The van der Waals surface area contributed by atoms with Crippen molar-refractivity contribution in [2.24, 2.45) is 11.8 Å². The molecule has 9 heteroatoms.